The molecule has 0 aromatic rings. The molecule has 0 radical (unpaired) electrons. The standard InChI is InChI=1S/C13H24N2O/c1-3-13(4-2)8-9-15(10-13)12(16)14-11-6-5-7-11/h11H,3-10H2,1-2H3,(H,14,16). The molecule has 3 heteroatoms. The molecule has 2 aliphatic rings. The lowest BCUT2D eigenvalue weighted by molar-refractivity contribution is 0.186. The van der Waals surface area contributed by atoms with E-state index in [1.807, 2.05) is 4.90 Å². The number of nitrogens with one attached hydrogen (secondary N) is 1. The minimum absolute atomic E-state index is 0.175. The third-order valence-corrected chi connectivity index (χ3v) is 4.66. The van der Waals surface area contributed by atoms with Crippen LogP contribution >= 0.6 is 0 Å². The van der Waals surface area contributed by atoms with Gasteiger partial charge in [0.2, 0.25) is 0 Å². The van der Waals surface area contributed by atoms with E-state index in [9.17, 15) is 4.79 Å². The first-order valence-corrected chi connectivity index (χ1v) is 6.74. The van der Waals surface area contributed by atoms with Gasteiger partial charge >= 0.3 is 6.03 Å². The van der Waals surface area contributed by atoms with Crippen LogP contribution in [0.15, 0.2) is 0 Å². The van der Waals surface area contributed by atoms with Gasteiger partial charge in [-0.15, -0.1) is 0 Å². The monoisotopic (exact) mass is 224 g/mol. The van der Waals surface area contributed by atoms with Gasteiger partial charge in [-0.3, -0.25) is 0 Å². The smallest absolute Gasteiger partial charge is 0.317 e. The van der Waals surface area contributed by atoms with E-state index in [0.717, 1.165) is 13.1 Å². The largest absolute Gasteiger partial charge is 0.335 e. The van der Waals surface area contributed by atoms with E-state index in [4.69, 9.17) is 0 Å². The first kappa shape index (κ1) is 11.7. The van der Waals surface area contributed by atoms with Gasteiger partial charge in [-0.2, -0.15) is 0 Å². The van der Waals surface area contributed by atoms with E-state index >= 15 is 0 Å². The number of rotatable bonds is 3. The lowest BCUT2D eigenvalue weighted by Gasteiger charge is -2.30. The minimum atomic E-state index is 0.175. The molecule has 2 amide bonds. The van der Waals surface area contributed by atoms with Crippen LogP contribution in [0.1, 0.15) is 52.4 Å². The van der Waals surface area contributed by atoms with Crippen LogP contribution in [0.3, 0.4) is 0 Å². The lowest BCUT2D eigenvalue weighted by Crippen LogP contribution is -2.47. The molecular weight excluding hydrogens is 200 g/mol. The topological polar surface area (TPSA) is 32.3 Å². The van der Waals surface area contributed by atoms with Gasteiger partial charge in [0.05, 0.1) is 0 Å². The van der Waals surface area contributed by atoms with Gasteiger partial charge in [0, 0.05) is 19.1 Å². The minimum Gasteiger partial charge on any atom is -0.335 e. The van der Waals surface area contributed by atoms with Crippen LogP contribution in [-0.2, 0) is 0 Å². The molecular formula is C13H24N2O. The van der Waals surface area contributed by atoms with Gasteiger partial charge in [0.15, 0.2) is 0 Å². The molecule has 3 nitrogen and oxygen atoms in total. The van der Waals surface area contributed by atoms with E-state index in [1.54, 1.807) is 0 Å². The number of carbonyl (C=O) groups excluding carboxylic acids is 1. The summed E-state index contributed by atoms with van der Waals surface area (Å²) in [7, 11) is 0. The van der Waals surface area contributed by atoms with Gasteiger partial charge in [0.25, 0.3) is 0 Å². The number of likely N-dealkylation sites (tertiary alicyclic amines) is 1. The lowest BCUT2D eigenvalue weighted by atomic mass is 9.82. The van der Waals surface area contributed by atoms with Crippen molar-refractivity contribution in [2.24, 2.45) is 5.41 Å². The fourth-order valence-corrected chi connectivity index (χ4v) is 2.75. The van der Waals surface area contributed by atoms with Crippen LogP contribution < -0.4 is 5.32 Å². The summed E-state index contributed by atoms with van der Waals surface area (Å²) in [5.74, 6) is 0. The molecule has 0 aromatic carbocycles. The van der Waals surface area contributed by atoms with Crippen molar-refractivity contribution < 1.29 is 4.79 Å². The zero-order chi connectivity index (χ0) is 11.6. The predicted octanol–water partition coefficient (Wildman–Crippen LogP) is 2.76. The average Bonchev–Trinajstić information content (AvgIpc) is 2.68. The van der Waals surface area contributed by atoms with E-state index in [2.05, 4.69) is 19.2 Å². The summed E-state index contributed by atoms with van der Waals surface area (Å²) in [4.78, 5) is 14.0. The first-order valence-electron chi connectivity index (χ1n) is 6.74. The Morgan fingerprint density at radius 1 is 1.38 bits per heavy atom. The summed E-state index contributed by atoms with van der Waals surface area (Å²) < 4.78 is 0. The van der Waals surface area contributed by atoms with Crippen molar-refractivity contribution in [1.82, 2.24) is 10.2 Å². The second-order valence-electron chi connectivity index (χ2n) is 5.46. The second kappa shape index (κ2) is 4.64. The molecule has 2 fully saturated rings. The molecule has 1 aliphatic carbocycles. The fraction of sp³-hybridized carbons (Fsp3) is 0.923. The molecule has 16 heavy (non-hydrogen) atoms. The Morgan fingerprint density at radius 3 is 2.50 bits per heavy atom. The number of hydrogen-bond donors (Lipinski definition) is 1. The third kappa shape index (κ3) is 2.18. The Morgan fingerprint density at radius 2 is 2.06 bits per heavy atom. The molecule has 0 atom stereocenters. The second-order valence-corrected chi connectivity index (χ2v) is 5.46. The molecule has 1 heterocycles. The maximum absolute atomic E-state index is 12.0. The Labute approximate surface area is 98.6 Å². The first-order chi connectivity index (χ1) is 7.69. The van der Waals surface area contributed by atoms with E-state index in [0.29, 0.717) is 11.5 Å². The highest BCUT2D eigenvalue weighted by molar-refractivity contribution is 5.75. The Kier molecular flexibility index (Phi) is 3.41. The average molecular weight is 224 g/mol. The molecule has 2 rings (SSSR count). The number of carbonyl (C=O) groups is 1. The number of amides is 2. The molecule has 0 spiro atoms. The number of nitrogens with zero attached hydrogens (tertiary/aromatic N) is 1. The van der Waals surface area contributed by atoms with Crippen LogP contribution in [0.4, 0.5) is 4.79 Å². The highest BCUT2D eigenvalue weighted by Gasteiger charge is 2.37. The summed E-state index contributed by atoms with van der Waals surface area (Å²) in [5, 5.41) is 3.13. The van der Waals surface area contributed by atoms with Gasteiger partial charge in [-0.1, -0.05) is 13.8 Å². The fourth-order valence-electron chi connectivity index (χ4n) is 2.75. The summed E-state index contributed by atoms with van der Waals surface area (Å²) in [5.41, 5.74) is 0.400. The molecule has 1 N–H and O–H groups in total. The van der Waals surface area contributed by atoms with Crippen molar-refractivity contribution >= 4 is 6.03 Å². The normalized spacial score (nSPS) is 24.2. The van der Waals surface area contributed by atoms with Crippen molar-refractivity contribution in [3.8, 4) is 0 Å². The number of hydrogen-bond acceptors (Lipinski definition) is 1. The summed E-state index contributed by atoms with van der Waals surface area (Å²) >= 11 is 0. The molecule has 0 bridgehead atoms. The highest BCUT2D eigenvalue weighted by atomic mass is 16.2. The molecule has 1 saturated carbocycles. The van der Waals surface area contributed by atoms with Crippen molar-refractivity contribution in [1.29, 1.82) is 0 Å². The third-order valence-electron chi connectivity index (χ3n) is 4.66. The van der Waals surface area contributed by atoms with Crippen LogP contribution in [0, 0.1) is 5.41 Å². The van der Waals surface area contributed by atoms with Gasteiger partial charge in [-0.05, 0) is 43.9 Å². The molecule has 1 saturated heterocycles. The van der Waals surface area contributed by atoms with E-state index in [-0.39, 0.29) is 6.03 Å². The molecule has 0 aromatic heterocycles. The Hall–Kier alpha value is -0.730. The summed E-state index contributed by atoms with van der Waals surface area (Å²) in [6, 6.07) is 0.638. The van der Waals surface area contributed by atoms with E-state index in [1.165, 1.54) is 38.5 Å². The van der Waals surface area contributed by atoms with Crippen molar-refractivity contribution in [2.75, 3.05) is 13.1 Å². The summed E-state index contributed by atoms with van der Waals surface area (Å²) in [6.07, 6.45) is 7.18. The zero-order valence-corrected chi connectivity index (χ0v) is 10.6. The van der Waals surface area contributed by atoms with Crippen LogP contribution in [0.25, 0.3) is 0 Å². The summed E-state index contributed by atoms with van der Waals surface area (Å²) in [6.45, 7) is 6.40. The van der Waals surface area contributed by atoms with Gasteiger partial charge in [0.1, 0.15) is 0 Å². The van der Waals surface area contributed by atoms with Crippen LogP contribution in [-0.4, -0.2) is 30.1 Å². The van der Waals surface area contributed by atoms with Gasteiger partial charge in [-0.25, -0.2) is 4.79 Å². The quantitative estimate of drug-likeness (QED) is 0.785. The number of urea groups is 1. The Balaban J connectivity index is 1.84. The highest BCUT2D eigenvalue weighted by Crippen LogP contribution is 2.37. The predicted molar refractivity (Wildman–Crippen MR) is 65.4 cm³/mol. The maximum atomic E-state index is 12.0. The van der Waals surface area contributed by atoms with Crippen LogP contribution in [0.5, 0.6) is 0 Å². The van der Waals surface area contributed by atoms with Crippen molar-refractivity contribution in [3.05, 3.63) is 0 Å². The molecule has 0 unspecified atom stereocenters. The van der Waals surface area contributed by atoms with Gasteiger partial charge < -0.3 is 10.2 Å². The van der Waals surface area contributed by atoms with Crippen LogP contribution in [0.2, 0.25) is 0 Å². The SMILES string of the molecule is CCC1(CC)CCN(C(=O)NC2CCC2)C1. The van der Waals surface area contributed by atoms with E-state index < -0.39 is 0 Å². The Bertz CT molecular complexity index is 257. The zero-order valence-electron chi connectivity index (χ0n) is 10.6. The molecule has 92 valence electrons. The van der Waals surface area contributed by atoms with Crippen molar-refractivity contribution in [3.63, 3.8) is 0 Å². The molecule has 1 aliphatic heterocycles. The maximum Gasteiger partial charge on any atom is 0.317 e. The van der Waals surface area contributed by atoms with Crippen molar-refractivity contribution in [2.45, 2.75) is 58.4 Å².